The van der Waals surface area contributed by atoms with Crippen LogP contribution in [0.1, 0.15) is 67.0 Å². The molecule has 2 aliphatic carbocycles. The summed E-state index contributed by atoms with van der Waals surface area (Å²) in [5.74, 6) is 0.569. The minimum absolute atomic E-state index is 0.0651. The van der Waals surface area contributed by atoms with E-state index in [1.165, 1.54) is 25.9 Å². The molecule has 1 aromatic rings. The lowest BCUT2D eigenvalue weighted by molar-refractivity contribution is -0.121. The van der Waals surface area contributed by atoms with Crippen molar-refractivity contribution in [2.24, 2.45) is 5.92 Å². The van der Waals surface area contributed by atoms with Crippen molar-refractivity contribution in [1.29, 1.82) is 0 Å². The van der Waals surface area contributed by atoms with E-state index < -0.39 is 0 Å². The summed E-state index contributed by atoms with van der Waals surface area (Å²) < 4.78 is 0. The van der Waals surface area contributed by atoms with E-state index in [9.17, 15) is 9.59 Å². The van der Waals surface area contributed by atoms with E-state index in [2.05, 4.69) is 37.0 Å². The number of carbonyl (C=O) groups excluding carboxylic acids is 2. The molecule has 1 saturated carbocycles. The fraction of sp³-hybridized carbons (Fsp3) is 0.700. The quantitative estimate of drug-likeness (QED) is 0.556. The lowest BCUT2D eigenvalue weighted by atomic mass is 10.1. The molecule has 2 atom stereocenters. The van der Waals surface area contributed by atoms with Crippen LogP contribution in [0.4, 0.5) is 0 Å². The van der Waals surface area contributed by atoms with Gasteiger partial charge in [-0.05, 0) is 64.1 Å². The van der Waals surface area contributed by atoms with E-state index in [4.69, 9.17) is 0 Å². The molecule has 152 valence electrons. The van der Waals surface area contributed by atoms with Crippen molar-refractivity contribution in [3.63, 3.8) is 0 Å². The topological polar surface area (TPSA) is 103 Å². The molecule has 3 N–H and O–H groups in total. The van der Waals surface area contributed by atoms with Crippen LogP contribution >= 0.6 is 0 Å². The van der Waals surface area contributed by atoms with Gasteiger partial charge in [0.1, 0.15) is 0 Å². The molecular formula is C20H30N6O2. The molecule has 3 aliphatic rings. The molecule has 8 nitrogen and oxygen atoms in total. The summed E-state index contributed by atoms with van der Waals surface area (Å²) >= 11 is 0. The Labute approximate surface area is 165 Å². The number of hydrogen-bond acceptors (Lipinski definition) is 5. The second-order valence-electron chi connectivity index (χ2n) is 8.25. The molecule has 2 amide bonds. The molecule has 2 heterocycles. The van der Waals surface area contributed by atoms with Crippen LogP contribution in [0.15, 0.2) is 12.2 Å². The molecule has 0 bridgehead atoms. The molecule has 2 fully saturated rings. The number of likely N-dealkylation sites (tertiary alicyclic amines) is 1. The normalized spacial score (nSPS) is 24.6. The number of amides is 2. The van der Waals surface area contributed by atoms with Crippen molar-refractivity contribution in [3.05, 3.63) is 23.5 Å². The molecule has 8 heteroatoms. The third kappa shape index (κ3) is 4.98. The number of aromatic amines is 1. The zero-order chi connectivity index (χ0) is 19.3. The van der Waals surface area contributed by atoms with Gasteiger partial charge in [-0.1, -0.05) is 12.2 Å². The Bertz CT molecular complexity index is 720. The predicted molar refractivity (Wildman–Crippen MR) is 105 cm³/mol. The van der Waals surface area contributed by atoms with Gasteiger partial charge in [-0.15, -0.1) is 0 Å². The molecule has 0 spiro atoms. The Morgan fingerprint density at radius 2 is 2.00 bits per heavy atom. The van der Waals surface area contributed by atoms with E-state index in [-0.39, 0.29) is 23.8 Å². The summed E-state index contributed by atoms with van der Waals surface area (Å²) in [7, 11) is 0. The molecule has 0 radical (unpaired) electrons. The van der Waals surface area contributed by atoms with E-state index in [1.807, 2.05) is 6.08 Å². The van der Waals surface area contributed by atoms with Gasteiger partial charge in [0.25, 0.3) is 5.91 Å². The first-order chi connectivity index (χ1) is 13.7. The van der Waals surface area contributed by atoms with Gasteiger partial charge in [0.2, 0.25) is 5.91 Å². The highest BCUT2D eigenvalue weighted by Gasteiger charge is 2.32. The van der Waals surface area contributed by atoms with Gasteiger partial charge < -0.3 is 15.5 Å². The van der Waals surface area contributed by atoms with Crippen molar-refractivity contribution in [2.45, 2.75) is 56.9 Å². The summed E-state index contributed by atoms with van der Waals surface area (Å²) in [6.07, 6.45) is 11.2. The minimum Gasteiger partial charge on any atom is -0.350 e. The molecule has 1 saturated heterocycles. The fourth-order valence-electron chi connectivity index (χ4n) is 4.14. The maximum absolute atomic E-state index is 12.4. The summed E-state index contributed by atoms with van der Waals surface area (Å²) in [6, 6.07) is 0.0651. The highest BCUT2D eigenvalue weighted by atomic mass is 16.2. The largest absolute Gasteiger partial charge is 0.350 e. The predicted octanol–water partition coefficient (Wildman–Crippen LogP) is 1.35. The Morgan fingerprint density at radius 3 is 2.79 bits per heavy atom. The lowest BCUT2D eigenvalue weighted by Gasteiger charge is -2.16. The highest BCUT2D eigenvalue weighted by Crippen LogP contribution is 2.39. The van der Waals surface area contributed by atoms with Gasteiger partial charge in [0.15, 0.2) is 5.69 Å². The number of nitrogens with zero attached hydrogens (tertiary/aromatic N) is 3. The second-order valence-corrected chi connectivity index (χ2v) is 8.25. The van der Waals surface area contributed by atoms with Gasteiger partial charge in [-0.2, -0.15) is 15.4 Å². The third-order valence-electron chi connectivity index (χ3n) is 5.87. The van der Waals surface area contributed by atoms with Gasteiger partial charge in [-0.3, -0.25) is 9.59 Å². The third-order valence-corrected chi connectivity index (χ3v) is 5.87. The number of carbonyl (C=O) groups is 2. The van der Waals surface area contributed by atoms with Gasteiger partial charge >= 0.3 is 0 Å². The van der Waals surface area contributed by atoms with Crippen molar-refractivity contribution in [3.8, 4) is 0 Å². The summed E-state index contributed by atoms with van der Waals surface area (Å²) in [6.45, 7) is 3.93. The zero-order valence-electron chi connectivity index (χ0n) is 16.3. The van der Waals surface area contributed by atoms with Gasteiger partial charge in [0, 0.05) is 24.9 Å². The van der Waals surface area contributed by atoms with Crippen LogP contribution < -0.4 is 10.6 Å². The van der Waals surface area contributed by atoms with Crippen LogP contribution in [0.5, 0.6) is 0 Å². The van der Waals surface area contributed by atoms with E-state index in [1.54, 1.807) is 0 Å². The van der Waals surface area contributed by atoms with Crippen LogP contribution in [0.3, 0.4) is 0 Å². The van der Waals surface area contributed by atoms with Gasteiger partial charge in [0.05, 0.1) is 5.69 Å². The molecule has 4 rings (SSSR count). The first kappa shape index (κ1) is 19.1. The van der Waals surface area contributed by atoms with Crippen molar-refractivity contribution in [1.82, 2.24) is 30.9 Å². The first-order valence-electron chi connectivity index (χ1n) is 10.6. The molecule has 1 aromatic heterocycles. The van der Waals surface area contributed by atoms with Crippen molar-refractivity contribution in [2.75, 3.05) is 26.2 Å². The monoisotopic (exact) mass is 386 g/mol. The number of H-pyrrole nitrogens is 1. The highest BCUT2D eigenvalue weighted by molar-refractivity contribution is 5.93. The Balaban J connectivity index is 1.13. The average molecular weight is 387 g/mol. The maximum Gasteiger partial charge on any atom is 0.273 e. The smallest absolute Gasteiger partial charge is 0.273 e. The Kier molecular flexibility index (Phi) is 6.04. The van der Waals surface area contributed by atoms with E-state index >= 15 is 0 Å². The van der Waals surface area contributed by atoms with Crippen LogP contribution in [0.25, 0.3) is 0 Å². The number of aromatic nitrogens is 3. The SMILES string of the molecule is O=C(CCCN1CCCC1)N[C@@H]1C=C[C@H](CNC(=O)c2n[nH]nc2C2CC2)C1. The molecule has 0 unspecified atom stereocenters. The lowest BCUT2D eigenvalue weighted by Crippen LogP contribution is -2.35. The molecule has 28 heavy (non-hydrogen) atoms. The molecular weight excluding hydrogens is 356 g/mol. The first-order valence-corrected chi connectivity index (χ1v) is 10.6. The Morgan fingerprint density at radius 1 is 1.18 bits per heavy atom. The maximum atomic E-state index is 12.4. The van der Waals surface area contributed by atoms with E-state index in [0.717, 1.165) is 37.9 Å². The van der Waals surface area contributed by atoms with Crippen LogP contribution in [-0.2, 0) is 4.79 Å². The second kappa shape index (κ2) is 8.86. The summed E-state index contributed by atoms with van der Waals surface area (Å²) in [5.41, 5.74) is 1.21. The van der Waals surface area contributed by atoms with Crippen LogP contribution in [0, 0.1) is 5.92 Å². The fourth-order valence-corrected chi connectivity index (χ4v) is 4.14. The van der Waals surface area contributed by atoms with Gasteiger partial charge in [-0.25, -0.2) is 0 Å². The van der Waals surface area contributed by atoms with Crippen LogP contribution in [-0.4, -0.2) is 64.3 Å². The van der Waals surface area contributed by atoms with Crippen molar-refractivity contribution < 1.29 is 9.59 Å². The Hall–Kier alpha value is -2.22. The summed E-state index contributed by atoms with van der Waals surface area (Å²) in [5, 5.41) is 16.7. The average Bonchev–Trinajstić information content (AvgIpc) is 3.09. The minimum atomic E-state index is -0.168. The molecule has 0 aromatic carbocycles. The number of hydrogen-bond donors (Lipinski definition) is 3. The molecule has 1 aliphatic heterocycles. The van der Waals surface area contributed by atoms with Crippen molar-refractivity contribution >= 4 is 11.8 Å². The number of rotatable bonds is 9. The standard InChI is InChI=1S/C20H30N6O2/c27-17(4-3-11-26-9-1-2-10-26)22-16-8-5-14(12-16)13-21-20(28)19-18(15-6-7-15)23-25-24-19/h5,8,14-16H,1-4,6-7,9-13H2,(H,21,28)(H,22,27)(H,23,24,25)/t14-,16+/m0/s1. The summed E-state index contributed by atoms with van der Waals surface area (Å²) in [4.78, 5) is 27.0. The van der Waals surface area contributed by atoms with Crippen LogP contribution in [0.2, 0.25) is 0 Å². The van der Waals surface area contributed by atoms with E-state index in [0.29, 0.717) is 24.6 Å². The number of nitrogens with one attached hydrogen (secondary N) is 3. The zero-order valence-corrected chi connectivity index (χ0v) is 16.3.